The molecule has 0 aliphatic rings. The fourth-order valence-electron chi connectivity index (χ4n) is 1.23. The average molecular weight is 288 g/mol. The van der Waals surface area contributed by atoms with Gasteiger partial charge in [-0.05, 0) is 0 Å². The van der Waals surface area contributed by atoms with Gasteiger partial charge in [-0.2, -0.15) is 8.78 Å². The van der Waals surface area contributed by atoms with Crippen LogP contribution >= 0.6 is 0 Å². The van der Waals surface area contributed by atoms with Crippen molar-refractivity contribution < 1.29 is 46.1 Å². The molecule has 0 radical (unpaired) electrons. The number of carbonyl (C=O) groups is 2. The molecule has 1 aromatic rings. The Morgan fingerprint density at radius 3 is 1.63 bits per heavy atom. The highest BCUT2D eigenvalue weighted by Gasteiger charge is 2.49. The summed E-state index contributed by atoms with van der Waals surface area (Å²) in [6.45, 7) is 0. The second kappa shape index (κ2) is 4.44. The molecule has 104 valence electrons. The van der Waals surface area contributed by atoms with E-state index < -0.39 is 52.3 Å². The summed E-state index contributed by atoms with van der Waals surface area (Å²) in [5.41, 5.74) is -4.88. The van der Waals surface area contributed by atoms with Gasteiger partial charge in [0.2, 0.25) is 0 Å². The SMILES string of the molecule is O=C(O)c1c(F)c(F)c(F)c(F)c1C(F)(F)C(=O)O. The first-order valence-corrected chi connectivity index (χ1v) is 4.24. The summed E-state index contributed by atoms with van der Waals surface area (Å²) in [7, 11) is 0. The molecule has 1 rings (SSSR count). The summed E-state index contributed by atoms with van der Waals surface area (Å²) in [5, 5.41) is 16.5. The van der Waals surface area contributed by atoms with E-state index in [1.165, 1.54) is 0 Å². The number of carboxylic acid groups (broad SMARTS) is 2. The third kappa shape index (κ3) is 2.09. The van der Waals surface area contributed by atoms with E-state index in [-0.39, 0.29) is 0 Å². The van der Waals surface area contributed by atoms with Crippen LogP contribution in [0.25, 0.3) is 0 Å². The van der Waals surface area contributed by atoms with E-state index in [1.54, 1.807) is 0 Å². The number of rotatable bonds is 3. The van der Waals surface area contributed by atoms with Crippen LogP contribution < -0.4 is 0 Å². The number of carboxylic acids is 2. The monoisotopic (exact) mass is 288 g/mol. The maximum Gasteiger partial charge on any atom is 0.379 e. The van der Waals surface area contributed by atoms with E-state index in [0.29, 0.717) is 0 Å². The fraction of sp³-hybridized carbons (Fsp3) is 0.111. The van der Waals surface area contributed by atoms with Crippen LogP contribution in [0.5, 0.6) is 0 Å². The first kappa shape index (κ1) is 14.8. The third-order valence-electron chi connectivity index (χ3n) is 2.06. The minimum atomic E-state index is -5.26. The molecule has 2 N–H and O–H groups in total. The third-order valence-corrected chi connectivity index (χ3v) is 2.06. The van der Waals surface area contributed by atoms with Crippen LogP contribution in [-0.4, -0.2) is 22.2 Å². The number of halogens is 6. The lowest BCUT2D eigenvalue weighted by Crippen LogP contribution is -2.31. The standard InChI is InChI=1S/C9H2F6O4/c10-3-1(7(16)17)2(9(14,15)8(18)19)4(11)6(13)5(3)12/h(H,16,17)(H,18,19). The largest absolute Gasteiger partial charge is 0.478 e. The molecule has 0 aliphatic heterocycles. The van der Waals surface area contributed by atoms with Crippen molar-refractivity contribution in [1.29, 1.82) is 0 Å². The molecule has 0 heterocycles. The molecule has 0 amide bonds. The molecular weight excluding hydrogens is 286 g/mol. The van der Waals surface area contributed by atoms with E-state index in [4.69, 9.17) is 10.2 Å². The van der Waals surface area contributed by atoms with Crippen LogP contribution in [0.15, 0.2) is 0 Å². The lowest BCUT2D eigenvalue weighted by Gasteiger charge is -2.16. The Morgan fingerprint density at radius 1 is 0.842 bits per heavy atom. The van der Waals surface area contributed by atoms with E-state index in [9.17, 15) is 35.9 Å². The molecular formula is C9H2F6O4. The molecule has 0 unspecified atom stereocenters. The highest BCUT2D eigenvalue weighted by molar-refractivity contribution is 5.93. The number of hydrogen-bond acceptors (Lipinski definition) is 2. The van der Waals surface area contributed by atoms with Crippen LogP contribution in [0.3, 0.4) is 0 Å². The zero-order valence-electron chi connectivity index (χ0n) is 8.48. The predicted octanol–water partition coefficient (Wildman–Crippen LogP) is 2.12. The molecule has 0 atom stereocenters. The molecule has 0 spiro atoms. The van der Waals surface area contributed by atoms with Gasteiger partial charge in [0.25, 0.3) is 0 Å². The highest BCUT2D eigenvalue weighted by Crippen LogP contribution is 2.36. The molecule has 0 saturated carbocycles. The second-order valence-corrected chi connectivity index (χ2v) is 3.19. The minimum Gasteiger partial charge on any atom is -0.478 e. The summed E-state index contributed by atoms with van der Waals surface area (Å²) in [4.78, 5) is 20.7. The van der Waals surface area contributed by atoms with Crippen molar-refractivity contribution in [2.45, 2.75) is 5.92 Å². The summed E-state index contributed by atoms with van der Waals surface area (Å²) >= 11 is 0. The van der Waals surface area contributed by atoms with Crippen molar-refractivity contribution in [3.8, 4) is 0 Å². The van der Waals surface area contributed by atoms with Crippen LogP contribution in [0.2, 0.25) is 0 Å². The Bertz CT molecular complexity index is 583. The van der Waals surface area contributed by atoms with Crippen LogP contribution in [-0.2, 0) is 10.7 Å². The van der Waals surface area contributed by atoms with Gasteiger partial charge in [-0.1, -0.05) is 0 Å². The Morgan fingerprint density at radius 2 is 1.26 bits per heavy atom. The van der Waals surface area contributed by atoms with Crippen molar-refractivity contribution in [2.75, 3.05) is 0 Å². The molecule has 19 heavy (non-hydrogen) atoms. The van der Waals surface area contributed by atoms with Gasteiger partial charge in [-0.15, -0.1) is 0 Å². The zero-order chi connectivity index (χ0) is 15.1. The Balaban J connectivity index is 3.92. The van der Waals surface area contributed by atoms with Gasteiger partial charge >= 0.3 is 17.9 Å². The minimum absolute atomic E-state index is 2.29. The van der Waals surface area contributed by atoms with Gasteiger partial charge in [0.05, 0.1) is 5.56 Å². The molecule has 0 fully saturated rings. The first-order valence-electron chi connectivity index (χ1n) is 4.24. The summed E-state index contributed by atoms with van der Waals surface area (Å²) < 4.78 is 77.9. The van der Waals surface area contributed by atoms with Crippen molar-refractivity contribution in [1.82, 2.24) is 0 Å². The number of aliphatic carboxylic acids is 1. The van der Waals surface area contributed by atoms with Crippen LogP contribution in [0.1, 0.15) is 15.9 Å². The van der Waals surface area contributed by atoms with E-state index in [1.807, 2.05) is 0 Å². The number of hydrogen-bond donors (Lipinski definition) is 2. The van der Waals surface area contributed by atoms with Crippen molar-refractivity contribution in [3.05, 3.63) is 34.4 Å². The summed E-state index contributed by atoms with van der Waals surface area (Å²) in [5.74, 6) is -21.7. The van der Waals surface area contributed by atoms with Crippen molar-refractivity contribution in [3.63, 3.8) is 0 Å². The number of benzene rings is 1. The van der Waals surface area contributed by atoms with Crippen molar-refractivity contribution >= 4 is 11.9 Å². The second-order valence-electron chi connectivity index (χ2n) is 3.19. The number of alkyl halides is 2. The molecule has 1 aromatic carbocycles. The van der Waals surface area contributed by atoms with E-state index >= 15 is 0 Å². The smallest absolute Gasteiger partial charge is 0.379 e. The molecule has 10 heteroatoms. The number of aromatic carboxylic acids is 1. The van der Waals surface area contributed by atoms with E-state index in [2.05, 4.69) is 0 Å². The lowest BCUT2D eigenvalue weighted by molar-refractivity contribution is -0.166. The quantitative estimate of drug-likeness (QED) is 0.507. The van der Waals surface area contributed by atoms with Gasteiger partial charge < -0.3 is 10.2 Å². The van der Waals surface area contributed by atoms with Crippen LogP contribution in [0, 0.1) is 23.3 Å². The fourth-order valence-corrected chi connectivity index (χ4v) is 1.23. The van der Waals surface area contributed by atoms with Gasteiger partial charge in [0.1, 0.15) is 5.56 Å². The molecule has 0 bridgehead atoms. The van der Waals surface area contributed by atoms with Crippen molar-refractivity contribution in [2.24, 2.45) is 0 Å². The Labute approximate surface area is 99.4 Å². The summed E-state index contributed by atoms with van der Waals surface area (Å²) in [6, 6.07) is 0. The molecule has 0 aliphatic carbocycles. The lowest BCUT2D eigenvalue weighted by atomic mass is 9.99. The normalized spacial score (nSPS) is 11.5. The van der Waals surface area contributed by atoms with Crippen LogP contribution in [0.4, 0.5) is 26.3 Å². The molecule has 4 nitrogen and oxygen atoms in total. The van der Waals surface area contributed by atoms with Gasteiger partial charge in [0, 0.05) is 0 Å². The Hall–Kier alpha value is -2.26. The van der Waals surface area contributed by atoms with E-state index in [0.717, 1.165) is 0 Å². The van der Waals surface area contributed by atoms with Gasteiger partial charge in [-0.25, -0.2) is 27.2 Å². The van der Waals surface area contributed by atoms with Gasteiger partial charge in [-0.3, -0.25) is 0 Å². The zero-order valence-corrected chi connectivity index (χ0v) is 8.48. The molecule has 0 saturated heterocycles. The first-order chi connectivity index (χ1) is 8.53. The predicted molar refractivity (Wildman–Crippen MR) is 44.8 cm³/mol. The topological polar surface area (TPSA) is 74.6 Å². The highest BCUT2D eigenvalue weighted by atomic mass is 19.3. The van der Waals surface area contributed by atoms with Gasteiger partial charge in [0.15, 0.2) is 23.3 Å². The maximum absolute atomic E-state index is 13.1. The average Bonchev–Trinajstić information content (AvgIpc) is 2.29. The maximum atomic E-state index is 13.1. The Kier molecular flexibility index (Phi) is 3.46. The molecule has 0 aromatic heterocycles. The summed E-state index contributed by atoms with van der Waals surface area (Å²) in [6.07, 6.45) is 0.